The first kappa shape index (κ1) is 21.1. The third-order valence-corrected chi connectivity index (χ3v) is 4.56. The van der Waals surface area contributed by atoms with Crippen LogP contribution in [0, 0.1) is 0 Å². The molecule has 0 atom stereocenters. The van der Waals surface area contributed by atoms with E-state index in [4.69, 9.17) is 11.6 Å². The molecule has 1 saturated heterocycles. The molecule has 0 aromatic carbocycles. The summed E-state index contributed by atoms with van der Waals surface area (Å²) in [6, 6.07) is 5.80. The predicted molar refractivity (Wildman–Crippen MR) is 111 cm³/mol. The molecule has 1 fully saturated rings. The van der Waals surface area contributed by atoms with Crippen LogP contribution in [0.15, 0.2) is 29.0 Å². The third kappa shape index (κ3) is 4.37. The van der Waals surface area contributed by atoms with Gasteiger partial charge in [0.15, 0.2) is 5.65 Å². The Bertz CT molecular complexity index is 883. The molecule has 0 amide bonds. The predicted octanol–water partition coefficient (Wildman–Crippen LogP) is 2.94. The lowest BCUT2D eigenvalue weighted by Gasteiger charge is -2.28. The second-order valence-electron chi connectivity index (χ2n) is 5.54. The zero-order valence-corrected chi connectivity index (χ0v) is 17.6. The number of hydrogen-bond donors (Lipinski definition) is 1. The van der Waals surface area contributed by atoms with Crippen LogP contribution >= 0.6 is 52.3 Å². The molecule has 1 N–H and O–H groups in total. The summed E-state index contributed by atoms with van der Waals surface area (Å²) in [7, 11) is 0. The number of halogens is 4. The van der Waals surface area contributed by atoms with Crippen LogP contribution in [0.2, 0.25) is 5.28 Å². The number of piperazine rings is 1. The Balaban J connectivity index is 0.00000121. The molecule has 7 nitrogen and oxygen atoms in total. The van der Waals surface area contributed by atoms with Crippen molar-refractivity contribution in [2.75, 3.05) is 31.1 Å². The molecule has 4 rings (SSSR count). The van der Waals surface area contributed by atoms with E-state index in [1.165, 1.54) is 0 Å². The van der Waals surface area contributed by atoms with Gasteiger partial charge in [-0.3, -0.25) is 0 Å². The Morgan fingerprint density at radius 2 is 1.88 bits per heavy atom. The van der Waals surface area contributed by atoms with Crippen LogP contribution in [0.3, 0.4) is 0 Å². The topological polar surface area (TPSA) is 71.8 Å². The Labute approximate surface area is 176 Å². The Hall–Kier alpha value is -1.19. The van der Waals surface area contributed by atoms with Gasteiger partial charge in [0.1, 0.15) is 10.4 Å². The largest absolute Gasteiger partial charge is 0.353 e. The van der Waals surface area contributed by atoms with Crippen LogP contribution in [0.4, 0.5) is 5.82 Å². The number of anilines is 1. The molecule has 26 heavy (non-hydrogen) atoms. The number of rotatable bonds is 3. The van der Waals surface area contributed by atoms with Crippen molar-refractivity contribution in [3.05, 3.63) is 40.0 Å². The average Bonchev–Trinajstić information content (AvgIpc) is 2.98. The smallest absolute Gasteiger partial charge is 0.226 e. The number of aromatic nitrogens is 5. The van der Waals surface area contributed by atoms with Gasteiger partial charge < -0.3 is 10.2 Å². The summed E-state index contributed by atoms with van der Waals surface area (Å²) in [4.78, 5) is 15.5. The molecule has 1 aliphatic heterocycles. The summed E-state index contributed by atoms with van der Waals surface area (Å²) in [6.07, 6.45) is 1.81. The Morgan fingerprint density at radius 1 is 1.12 bits per heavy atom. The monoisotopic (exact) mass is 479 g/mol. The van der Waals surface area contributed by atoms with Crippen molar-refractivity contribution in [1.82, 2.24) is 30.0 Å². The molecule has 4 heterocycles. The van der Waals surface area contributed by atoms with Crippen LogP contribution in [-0.4, -0.2) is 50.9 Å². The van der Waals surface area contributed by atoms with E-state index in [-0.39, 0.29) is 30.1 Å². The van der Waals surface area contributed by atoms with Gasteiger partial charge in [0, 0.05) is 26.2 Å². The van der Waals surface area contributed by atoms with Gasteiger partial charge in [-0.05, 0) is 39.7 Å². The van der Waals surface area contributed by atoms with Crippen molar-refractivity contribution in [2.45, 2.75) is 6.54 Å². The fraction of sp³-hybridized carbons (Fsp3) is 0.333. The molecular formula is C15H17BrCl3N7. The summed E-state index contributed by atoms with van der Waals surface area (Å²) in [5.41, 5.74) is 1.62. The van der Waals surface area contributed by atoms with Crippen molar-refractivity contribution in [1.29, 1.82) is 0 Å². The maximum atomic E-state index is 6.17. The fourth-order valence-electron chi connectivity index (χ4n) is 2.84. The van der Waals surface area contributed by atoms with Gasteiger partial charge in [-0.15, -0.1) is 24.8 Å². The molecule has 11 heteroatoms. The van der Waals surface area contributed by atoms with Crippen molar-refractivity contribution < 1.29 is 0 Å². The zero-order chi connectivity index (χ0) is 16.5. The summed E-state index contributed by atoms with van der Waals surface area (Å²) in [5.74, 6) is 0.847. The first-order valence-electron chi connectivity index (χ1n) is 7.67. The highest BCUT2D eigenvalue weighted by molar-refractivity contribution is 9.10. The maximum Gasteiger partial charge on any atom is 0.226 e. The second kappa shape index (κ2) is 9.14. The molecule has 0 radical (unpaired) electrons. The van der Waals surface area contributed by atoms with Gasteiger partial charge in [0.05, 0.1) is 23.8 Å². The van der Waals surface area contributed by atoms with E-state index < -0.39 is 0 Å². The van der Waals surface area contributed by atoms with E-state index in [0.29, 0.717) is 6.54 Å². The molecule has 140 valence electrons. The number of fused-ring (bicyclic) bond motifs is 1. The van der Waals surface area contributed by atoms with Crippen molar-refractivity contribution in [2.24, 2.45) is 0 Å². The number of pyridine rings is 1. The van der Waals surface area contributed by atoms with Crippen molar-refractivity contribution in [3.63, 3.8) is 0 Å². The summed E-state index contributed by atoms with van der Waals surface area (Å²) in [6.45, 7) is 4.16. The van der Waals surface area contributed by atoms with Crippen molar-refractivity contribution in [3.8, 4) is 0 Å². The van der Waals surface area contributed by atoms with E-state index in [1.54, 1.807) is 6.20 Å². The molecule has 0 unspecified atom stereocenters. The molecule has 0 bridgehead atoms. The SMILES string of the molecule is Cl.Cl.Clc1nc(N2CCNCC2)c2cnn(Cc3cccc(Br)n3)c2n1. The van der Waals surface area contributed by atoms with Crippen LogP contribution in [0.5, 0.6) is 0 Å². The maximum absolute atomic E-state index is 6.17. The minimum Gasteiger partial charge on any atom is -0.353 e. The van der Waals surface area contributed by atoms with E-state index in [1.807, 2.05) is 22.9 Å². The minimum atomic E-state index is 0. The van der Waals surface area contributed by atoms with Gasteiger partial charge in [-0.25, -0.2) is 9.67 Å². The van der Waals surface area contributed by atoms with Crippen LogP contribution in [-0.2, 0) is 6.54 Å². The molecule has 3 aromatic rings. The Kier molecular flexibility index (Phi) is 7.42. The molecule has 1 aliphatic rings. The van der Waals surface area contributed by atoms with E-state index in [2.05, 4.69) is 46.2 Å². The van der Waals surface area contributed by atoms with Crippen molar-refractivity contribution >= 4 is 69.2 Å². The molecule has 3 aromatic heterocycles. The average molecular weight is 482 g/mol. The first-order chi connectivity index (χ1) is 11.7. The molecule has 0 saturated carbocycles. The Morgan fingerprint density at radius 3 is 2.62 bits per heavy atom. The summed E-state index contributed by atoms with van der Waals surface area (Å²) >= 11 is 9.56. The van der Waals surface area contributed by atoms with Gasteiger partial charge >= 0.3 is 0 Å². The normalized spacial score (nSPS) is 14.0. The quantitative estimate of drug-likeness (QED) is 0.458. The van der Waals surface area contributed by atoms with E-state index in [0.717, 1.165) is 53.3 Å². The lowest BCUT2D eigenvalue weighted by atomic mass is 10.3. The van der Waals surface area contributed by atoms with Gasteiger partial charge in [0.25, 0.3) is 0 Å². The zero-order valence-electron chi connectivity index (χ0n) is 13.6. The van der Waals surface area contributed by atoms with Gasteiger partial charge in [0.2, 0.25) is 5.28 Å². The minimum absolute atomic E-state index is 0. The van der Waals surface area contributed by atoms with E-state index >= 15 is 0 Å². The van der Waals surface area contributed by atoms with Crippen LogP contribution in [0.1, 0.15) is 5.69 Å². The number of hydrogen-bond acceptors (Lipinski definition) is 6. The van der Waals surface area contributed by atoms with Crippen LogP contribution in [0.25, 0.3) is 11.0 Å². The van der Waals surface area contributed by atoms with Gasteiger partial charge in [-0.1, -0.05) is 6.07 Å². The molecule has 0 aliphatic carbocycles. The fourth-order valence-corrected chi connectivity index (χ4v) is 3.38. The number of nitrogens with one attached hydrogen (secondary N) is 1. The van der Waals surface area contributed by atoms with Crippen LogP contribution < -0.4 is 10.2 Å². The summed E-state index contributed by atoms with van der Waals surface area (Å²) in [5, 5.41) is 8.96. The highest BCUT2D eigenvalue weighted by Gasteiger charge is 2.19. The summed E-state index contributed by atoms with van der Waals surface area (Å²) < 4.78 is 2.61. The third-order valence-electron chi connectivity index (χ3n) is 3.95. The highest BCUT2D eigenvalue weighted by Crippen LogP contribution is 2.26. The molecular weight excluding hydrogens is 464 g/mol. The lowest BCUT2D eigenvalue weighted by molar-refractivity contribution is 0.586. The lowest BCUT2D eigenvalue weighted by Crippen LogP contribution is -2.44. The standard InChI is InChI=1S/C15H15BrClN7.2ClH/c16-12-3-1-2-10(20-12)9-24-14-11(8-19-24)13(21-15(17)22-14)23-6-4-18-5-7-23;;/h1-3,8,18H,4-7,9H2;2*1H. The second-order valence-corrected chi connectivity index (χ2v) is 6.69. The number of nitrogens with zero attached hydrogens (tertiary/aromatic N) is 6. The first-order valence-corrected chi connectivity index (χ1v) is 8.84. The molecule has 0 spiro atoms. The highest BCUT2D eigenvalue weighted by atomic mass is 79.9. The van der Waals surface area contributed by atoms with E-state index in [9.17, 15) is 0 Å². The van der Waals surface area contributed by atoms with Gasteiger partial charge in [-0.2, -0.15) is 15.1 Å².